The van der Waals surface area contributed by atoms with Crippen LogP contribution in [-0.4, -0.2) is 13.0 Å². The smallest absolute Gasteiger partial charge is 0.870 e. The van der Waals surface area contributed by atoms with Gasteiger partial charge in [0.2, 0.25) is 0 Å². The Morgan fingerprint density at radius 3 is 1.88 bits per heavy atom. The molecule has 0 aliphatic heterocycles. The maximum Gasteiger partial charge on any atom is 1.00 e. The topological polar surface area (TPSA) is 86.7 Å². The quantitative estimate of drug-likeness (QED) is 0.236. The molecule has 2 aromatic rings. The van der Waals surface area contributed by atoms with Crippen molar-refractivity contribution in [3.63, 3.8) is 0 Å². The summed E-state index contributed by atoms with van der Waals surface area (Å²) in [6.45, 7) is 2.25. The summed E-state index contributed by atoms with van der Waals surface area (Å²) in [5.74, 6) is -0.127. The Hall–Kier alpha value is -0.414. The summed E-state index contributed by atoms with van der Waals surface area (Å²) in [6.07, 6.45) is 15.5. The van der Waals surface area contributed by atoms with E-state index in [1.165, 1.54) is 69.8 Å². The molecule has 172 valence electrons. The Balaban J connectivity index is 0.00000512. The summed E-state index contributed by atoms with van der Waals surface area (Å²) >= 11 is 0. The molecule has 0 amide bonds. The van der Waals surface area contributed by atoms with Crippen molar-refractivity contribution < 1.29 is 74.2 Å². The van der Waals surface area contributed by atoms with Crippen LogP contribution in [0, 0.1) is 0 Å². The Morgan fingerprint density at radius 2 is 1.34 bits per heavy atom. The predicted molar refractivity (Wildman–Crippen MR) is 122 cm³/mol. The van der Waals surface area contributed by atoms with Crippen molar-refractivity contribution in [2.24, 2.45) is 0 Å². The fourth-order valence-electron chi connectivity index (χ4n) is 3.57. The van der Waals surface area contributed by atoms with E-state index >= 15 is 0 Å². The Kier molecular flexibility index (Phi) is 15.0. The van der Waals surface area contributed by atoms with Gasteiger partial charge in [0.05, 0.1) is 4.90 Å². The van der Waals surface area contributed by atoms with Crippen LogP contribution < -0.4 is 61.2 Å². The first kappa shape index (κ1) is 29.6. The van der Waals surface area contributed by atoms with Gasteiger partial charge < -0.3 is 9.84 Å². The van der Waals surface area contributed by atoms with Gasteiger partial charge in [0.15, 0.2) is 0 Å². The predicted octanol–water partition coefficient (Wildman–Crippen LogP) is 3.66. The van der Waals surface area contributed by atoms with Crippen LogP contribution in [0.2, 0.25) is 0 Å². The van der Waals surface area contributed by atoms with Crippen molar-refractivity contribution >= 4 is 10.1 Å². The summed E-state index contributed by atoms with van der Waals surface area (Å²) in [5.41, 5.74) is 1.21. The molecule has 0 saturated heterocycles. The first-order chi connectivity index (χ1) is 14.9. The van der Waals surface area contributed by atoms with Crippen LogP contribution in [0.1, 0.15) is 83.1 Å². The van der Waals surface area contributed by atoms with Crippen molar-refractivity contribution in [1.82, 2.24) is 0 Å². The first-order valence-corrected chi connectivity index (χ1v) is 12.9. The van der Waals surface area contributed by atoms with Crippen LogP contribution >= 0.6 is 0 Å². The van der Waals surface area contributed by atoms with Crippen LogP contribution in [0.5, 0.6) is 17.2 Å². The van der Waals surface area contributed by atoms with E-state index in [9.17, 15) is 13.5 Å². The maximum absolute atomic E-state index is 11.9. The zero-order valence-electron chi connectivity index (χ0n) is 19.5. The van der Waals surface area contributed by atoms with E-state index in [-0.39, 0.29) is 62.0 Å². The van der Waals surface area contributed by atoms with Crippen molar-refractivity contribution in [2.75, 3.05) is 0 Å². The minimum Gasteiger partial charge on any atom is -0.870 e. The van der Waals surface area contributed by atoms with Gasteiger partial charge >= 0.3 is 51.4 Å². The molecule has 0 bridgehead atoms. The minimum atomic E-state index is -4.39. The van der Waals surface area contributed by atoms with Gasteiger partial charge in [-0.3, -0.25) is 4.55 Å². The fourth-order valence-corrected chi connectivity index (χ4v) is 4.07. The molecule has 0 unspecified atom stereocenters. The summed E-state index contributed by atoms with van der Waals surface area (Å²) in [4.78, 5) is -0.366. The van der Waals surface area contributed by atoms with Gasteiger partial charge in [-0.1, -0.05) is 95.1 Å². The van der Waals surface area contributed by atoms with Gasteiger partial charge in [0.25, 0.3) is 10.1 Å². The molecule has 0 aliphatic rings. The fraction of sp³-hybridized carbons (Fsp3) is 0.520. The van der Waals surface area contributed by atoms with Crippen LogP contribution in [0.4, 0.5) is 0 Å². The number of hydrogen-bond donors (Lipinski definition) is 1. The molecule has 0 fully saturated rings. The molecule has 0 aromatic heterocycles. The number of ether oxygens (including phenoxy) is 1. The summed E-state index contributed by atoms with van der Waals surface area (Å²) < 4.78 is 37.1. The molecule has 2 aromatic carbocycles. The van der Waals surface area contributed by atoms with Crippen LogP contribution in [0.15, 0.2) is 47.4 Å². The standard InChI is InChI=1S/C25H36O5S.K/c1-2-3-4-5-6-7-8-9-10-11-12-13-21-14-16-22(17-15-21)30-25-20-23(31(27,28)29)18-19-24(25)26;/h14-20,26H,2-13H2,1H3,(H,27,28,29);/q;+1/p-1. The van der Waals surface area contributed by atoms with E-state index in [0.717, 1.165) is 31.0 Å². The molecule has 0 spiro atoms. The second-order valence-corrected chi connectivity index (χ2v) is 9.54. The SMILES string of the molecule is CCCCCCCCCCCCCc1ccc(Oc2cc(S(=O)(=O)O)ccc2[O-])cc1.[K+]. The Morgan fingerprint density at radius 1 is 0.812 bits per heavy atom. The zero-order valence-corrected chi connectivity index (χ0v) is 23.5. The van der Waals surface area contributed by atoms with E-state index in [4.69, 9.17) is 9.29 Å². The number of benzene rings is 2. The molecular formula is C25H35KO5S. The van der Waals surface area contributed by atoms with Gasteiger partial charge in [-0.25, -0.2) is 0 Å². The average Bonchev–Trinajstić information content (AvgIpc) is 2.74. The largest absolute Gasteiger partial charge is 1.00 e. The third-order valence-electron chi connectivity index (χ3n) is 5.43. The molecule has 0 heterocycles. The van der Waals surface area contributed by atoms with Gasteiger partial charge in [-0.2, -0.15) is 8.42 Å². The van der Waals surface area contributed by atoms with Gasteiger partial charge in [-0.05, 0) is 36.6 Å². The molecule has 2 rings (SSSR count). The second kappa shape index (κ2) is 16.3. The van der Waals surface area contributed by atoms with Gasteiger partial charge in [0, 0.05) is 6.07 Å². The summed E-state index contributed by atoms with van der Waals surface area (Å²) in [7, 11) is -4.39. The third-order valence-corrected chi connectivity index (χ3v) is 6.28. The van der Waals surface area contributed by atoms with E-state index in [1.54, 1.807) is 12.1 Å². The minimum absolute atomic E-state index is 0. The van der Waals surface area contributed by atoms with Crippen molar-refractivity contribution in [3.05, 3.63) is 48.0 Å². The van der Waals surface area contributed by atoms with E-state index in [2.05, 4.69) is 6.92 Å². The Labute approximate surface area is 236 Å². The van der Waals surface area contributed by atoms with Crippen molar-refractivity contribution in [2.45, 2.75) is 88.9 Å². The number of aryl methyl sites for hydroxylation is 1. The molecular weight excluding hydrogens is 451 g/mol. The van der Waals surface area contributed by atoms with E-state index in [0.29, 0.717) is 5.75 Å². The van der Waals surface area contributed by atoms with Crippen LogP contribution in [-0.2, 0) is 16.5 Å². The summed E-state index contributed by atoms with van der Waals surface area (Å²) in [5, 5.41) is 11.9. The monoisotopic (exact) mass is 486 g/mol. The summed E-state index contributed by atoms with van der Waals surface area (Å²) in [6, 6.07) is 10.6. The van der Waals surface area contributed by atoms with Gasteiger partial charge in [0.1, 0.15) is 11.5 Å². The molecule has 0 atom stereocenters. The van der Waals surface area contributed by atoms with Crippen LogP contribution in [0.25, 0.3) is 0 Å². The van der Waals surface area contributed by atoms with Crippen molar-refractivity contribution in [1.29, 1.82) is 0 Å². The number of hydrogen-bond acceptors (Lipinski definition) is 4. The van der Waals surface area contributed by atoms with E-state index < -0.39 is 15.9 Å². The zero-order chi connectivity index (χ0) is 22.5. The second-order valence-electron chi connectivity index (χ2n) is 8.12. The van der Waals surface area contributed by atoms with Crippen LogP contribution in [0.3, 0.4) is 0 Å². The average molecular weight is 487 g/mol. The normalized spacial score (nSPS) is 11.2. The molecule has 32 heavy (non-hydrogen) atoms. The number of unbranched alkanes of at least 4 members (excludes halogenated alkanes) is 10. The molecule has 0 aliphatic carbocycles. The van der Waals surface area contributed by atoms with E-state index in [1.807, 2.05) is 12.1 Å². The molecule has 5 nitrogen and oxygen atoms in total. The first-order valence-electron chi connectivity index (χ1n) is 11.5. The third kappa shape index (κ3) is 11.6. The Bertz CT molecular complexity index is 882. The number of rotatable bonds is 15. The van der Waals surface area contributed by atoms with Crippen molar-refractivity contribution in [3.8, 4) is 17.2 Å². The molecule has 0 saturated carbocycles. The van der Waals surface area contributed by atoms with Gasteiger partial charge in [-0.15, -0.1) is 0 Å². The molecule has 1 N–H and O–H groups in total. The molecule has 0 radical (unpaired) electrons. The maximum atomic E-state index is 11.9. The molecule has 7 heteroatoms.